The molecule has 0 heterocycles. The molecule has 0 aromatic heterocycles. The second kappa shape index (κ2) is 15.4. The summed E-state index contributed by atoms with van der Waals surface area (Å²) < 4.78 is 33.8. The maximum atomic E-state index is 11.3. The first kappa shape index (κ1) is 25.1. The van der Waals surface area contributed by atoms with E-state index in [1.807, 2.05) is 6.92 Å². The van der Waals surface area contributed by atoms with E-state index in [-0.39, 0.29) is 35.7 Å². The molecule has 1 N–H and O–H groups in total. The van der Waals surface area contributed by atoms with Gasteiger partial charge in [0.15, 0.2) is 0 Å². The van der Waals surface area contributed by atoms with Gasteiger partial charge < -0.3 is 9.66 Å². The number of rotatable bonds is 14. The van der Waals surface area contributed by atoms with Crippen molar-refractivity contribution in [2.75, 3.05) is 0 Å². The first-order valence-corrected chi connectivity index (χ1v) is 10.0. The molecule has 6 heteroatoms. The number of aliphatic hydroxyl groups is 1. The molecule has 0 saturated heterocycles. The van der Waals surface area contributed by atoms with Gasteiger partial charge >= 0.3 is 29.6 Å². The smallest absolute Gasteiger partial charge is 0.748 e. The molecule has 0 aliphatic carbocycles. The largest absolute Gasteiger partial charge is 1.00 e. The maximum Gasteiger partial charge on any atom is 1.00 e. The van der Waals surface area contributed by atoms with Gasteiger partial charge in [0.25, 0.3) is 0 Å². The second-order valence-corrected chi connectivity index (χ2v) is 7.70. The van der Waals surface area contributed by atoms with Crippen LogP contribution < -0.4 is 29.6 Å². The summed E-state index contributed by atoms with van der Waals surface area (Å²) in [5, 5.41) is 8.89. The van der Waals surface area contributed by atoms with Crippen molar-refractivity contribution in [3.63, 3.8) is 0 Å². The minimum absolute atomic E-state index is 0. The molecule has 2 unspecified atom stereocenters. The van der Waals surface area contributed by atoms with E-state index in [4.69, 9.17) is 0 Å². The topological polar surface area (TPSA) is 77.4 Å². The van der Waals surface area contributed by atoms with Crippen molar-refractivity contribution in [2.24, 2.45) is 0 Å². The van der Waals surface area contributed by atoms with Crippen LogP contribution in [0.3, 0.4) is 0 Å². The van der Waals surface area contributed by atoms with Gasteiger partial charge in [-0.1, -0.05) is 65.2 Å². The van der Waals surface area contributed by atoms with Crippen molar-refractivity contribution in [3.05, 3.63) is 0 Å². The molecule has 0 fully saturated rings. The summed E-state index contributed by atoms with van der Waals surface area (Å²) in [4.78, 5) is 0. The Morgan fingerprint density at radius 3 is 1.77 bits per heavy atom. The number of unbranched alkanes of at least 4 members (excludes halogenated alkanes) is 5. The zero-order valence-electron chi connectivity index (χ0n) is 14.7. The van der Waals surface area contributed by atoms with Gasteiger partial charge in [-0.2, -0.15) is 0 Å². The SMILES string of the molecule is CCCCCCC(CCCCCC(O)CCC)S(=O)(=O)[O-].[Na+]. The average Bonchev–Trinajstić information content (AvgIpc) is 2.39. The minimum Gasteiger partial charge on any atom is -0.748 e. The van der Waals surface area contributed by atoms with Crippen LogP contribution >= 0.6 is 0 Å². The van der Waals surface area contributed by atoms with Crippen molar-refractivity contribution in [1.29, 1.82) is 0 Å². The molecule has 0 saturated carbocycles. The maximum absolute atomic E-state index is 11.3. The molecule has 128 valence electrons. The zero-order valence-corrected chi connectivity index (χ0v) is 17.5. The second-order valence-electron chi connectivity index (χ2n) is 6.04. The number of aliphatic hydroxyl groups excluding tert-OH is 1. The number of hydrogen-bond donors (Lipinski definition) is 1. The van der Waals surface area contributed by atoms with Crippen molar-refractivity contribution in [1.82, 2.24) is 0 Å². The van der Waals surface area contributed by atoms with E-state index in [1.165, 1.54) is 0 Å². The van der Waals surface area contributed by atoms with Crippen LogP contribution in [0.5, 0.6) is 0 Å². The molecule has 0 aliphatic heterocycles. The van der Waals surface area contributed by atoms with Gasteiger partial charge in [-0.3, -0.25) is 0 Å². The summed E-state index contributed by atoms with van der Waals surface area (Å²) in [6.07, 6.45) is 9.93. The van der Waals surface area contributed by atoms with Crippen LogP contribution in [0.15, 0.2) is 0 Å². The minimum atomic E-state index is -4.16. The van der Waals surface area contributed by atoms with Gasteiger partial charge in [-0.15, -0.1) is 0 Å². The molecule has 4 nitrogen and oxygen atoms in total. The molecule has 2 atom stereocenters. The average molecular weight is 344 g/mol. The van der Waals surface area contributed by atoms with E-state index in [1.54, 1.807) is 0 Å². The standard InChI is InChI=1S/C16H34O4S.Na/c1-3-5-6-9-13-16(21(18,19)20)14-10-7-8-12-15(17)11-4-2;/h15-17H,3-14H2,1-2H3,(H,18,19,20);/q;+1/p-1. The summed E-state index contributed by atoms with van der Waals surface area (Å²) in [5.41, 5.74) is 0. The summed E-state index contributed by atoms with van der Waals surface area (Å²) in [6, 6.07) is 0. The van der Waals surface area contributed by atoms with Crippen molar-refractivity contribution < 1.29 is 47.6 Å². The van der Waals surface area contributed by atoms with Gasteiger partial charge in [0.2, 0.25) is 0 Å². The molecule has 22 heavy (non-hydrogen) atoms. The summed E-state index contributed by atoms with van der Waals surface area (Å²) in [6.45, 7) is 4.15. The Morgan fingerprint density at radius 2 is 1.32 bits per heavy atom. The first-order chi connectivity index (χ1) is 9.91. The molecule has 0 aliphatic rings. The fraction of sp³-hybridized carbons (Fsp3) is 1.00. The van der Waals surface area contributed by atoms with Crippen molar-refractivity contribution >= 4 is 10.1 Å². The van der Waals surface area contributed by atoms with Crippen LogP contribution in [0.2, 0.25) is 0 Å². The third kappa shape index (κ3) is 14.5. The summed E-state index contributed by atoms with van der Waals surface area (Å²) >= 11 is 0. The van der Waals surface area contributed by atoms with Crippen molar-refractivity contribution in [3.8, 4) is 0 Å². The van der Waals surface area contributed by atoms with Crippen LogP contribution in [-0.2, 0) is 10.1 Å². The Balaban J connectivity index is 0. The molecular weight excluding hydrogens is 311 g/mol. The van der Waals surface area contributed by atoms with E-state index >= 15 is 0 Å². The van der Waals surface area contributed by atoms with Crippen molar-refractivity contribution in [2.45, 2.75) is 102 Å². The molecule has 0 aromatic carbocycles. The van der Waals surface area contributed by atoms with E-state index in [9.17, 15) is 18.1 Å². The van der Waals surface area contributed by atoms with Crippen LogP contribution in [0.25, 0.3) is 0 Å². The van der Waals surface area contributed by atoms with Crippen LogP contribution in [-0.4, -0.2) is 29.4 Å². The van der Waals surface area contributed by atoms with Gasteiger partial charge in [0.05, 0.1) is 16.2 Å². The van der Waals surface area contributed by atoms with E-state index < -0.39 is 15.4 Å². The molecule has 0 radical (unpaired) electrons. The Labute approximate surface area is 159 Å². The fourth-order valence-electron chi connectivity index (χ4n) is 2.64. The normalized spacial score (nSPS) is 14.4. The third-order valence-electron chi connectivity index (χ3n) is 3.97. The molecule has 0 bridgehead atoms. The van der Waals surface area contributed by atoms with Crippen LogP contribution in [0.1, 0.15) is 90.9 Å². The molecular formula is C16H33NaO4S. The molecule has 0 amide bonds. The Hall–Kier alpha value is 0.870. The predicted octanol–water partition coefficient (Wildman–Crippen LogP) is 0.986. The van der Waals surface area contributed by atoms with E-state index in [2.05, 4.69) is 6.92 Å². The number of hydrogen-bond acceptors (Lipinski definition) is 4. The third-order valence-corrected chi connectivity index (χ3v) is 5.26. The van der Waals surface area contributed by atoms with Gasteiger partial charge in [-0.25, -0.2) is 8.42 Å². The van der Waals surface area contributed by atoms with Gasteiger partial charge in [0.1, 0.15) is 0 Å². The van der Waals surface area contributed by atoms with E-state index in [0.29, 0.717) is 12.8 Å². The van der Waals surface area contributed by atoms with Gasteiger partial charge in [0, 0.05) is 5.25 Å². The Morgan fingerprint density at radius 1 is 0.818 bits per heavy atom. The predicted molar refractivity (Wildman–Crippen MR) is 86.2 cm³/mol. The van der Waals surface area contributed by atoms with Crippen LogP contribution in [0, 0.1) is 0 Å². The fourth-order valence-corrected chi connectivity index (χ4v) is 3.55. The monoisotopic (exact) mass is 344 g/mol. The Bertz CT molecular complexity index is 333. The summed E-state index contributed by atoms with van der Waals surface area (Å²) in [5.74, 6) is 0. The zero-order chi connectivity index (χ0) is 16.1. The molecule has 0 aromatic rings. The first-order valence-electron chi connectivity index (χ1n) is 8.54. The van der Waals surface area contributed by atoms with Crippen LogP contribution in [0.4, 0.5) is 0 Å². The molecule has 0 rings (SSSR count). The summed E-state index contributed by atoms with van der Waals surface area (Å²) in [7, 11) is -4.16. The Kier molecular flexibility index (Phi) is 17.6. The molecule has 0 spiro atoms. The van der Waals surface area contributed by atoms with E-state index in [0.717, 1.165) is 64.2 Å². The van der Waals surface area contributed by atoms with Gasteiger partial charge in [-0.05, 0) is 25.7 Å². The quantitative estimate of drug-likeness (QED) is 0.290.